The number of allylic oxidation sites excluding steroid dienone is 8. The summed E-state index contributed by atoms with van der Waals surface area (Å²) in [5.74, 6) is 4.36. The third kappa shape index (κ3) is 3.62. The van der Waals surface area contributed by atoms with Crippen molar-refractivity contribution in [3.63, 3.8) is 0 Å². The van der Waals surface area contributed by atoms with E-state index < -0.39 is 15.2 Å². The van der Waals surface area contributed by atoms with E-state index in [1.165, 1.54) is 44.9 Å². The molecule has 7 unspecified atom stereocenters. The smallest absolute Gasteiger partial charge is 0.0455 e. The van der Waals surface area contributed by atoms with Gasteiger partial charge in [0.2, 0.25) is 0 Å². The lowest BCUT2D eigenvalue weighted by atomic mass is 9.81. The number of fused-ring (bicyclic) bond motifs is 4. The van der Waals surface area contributed by atoms with Gasteiger partial charge in [0.25, 0.3) is 0 Å². The van der Waals surface area contributed by atoms with Crippen molar-refractivity contribution in [3.05, 3.63) is 46.6 Å². The maximum atomic E-state index is 2.88. The standard InChI is InChI=1S/C33H52Si2/c1-21-16-27-26(13-11-23-18-33(4,5)20-29(23)27)31(21)35(8,9)34(6,7)30-15-14-24-25(30)12-10-22-17-32(2,3)19-28(22)24/h10-13,21,24-27,30-31H,14-20H2,1-9H3. The summed E-state index contributed by atoms with van der Waals surface area (Å²) in [6.07, 6.45) is 20.5. The van der Waals surface area contributed by atoms with Crippen LogP contribution in [0.1, 0.15) is 79.6 Å². The van der Waals surface area contributed by atoms with E-state index >= 15 is 0 Å². The van der Waals surface area contributed by atoms with Crippen molar-refractivity contribution in [1.82, 2.24) is 0 Å². The highest BCUT2D eigenvalue weighted by atomic mass is 29.3. The van der Waals surface area contributed by atoms with Crippen molar-refractivity contribution in [2.45, 2.75) is 117 Å². The molecule has 192 valence electrons. The van der Waals surface area contributed by atoms with Crippen LogP contribution < -0.4 is 0 Å². The summed E-state index contributed by atoms with van der Waals surface area (Å²) in [6, 6.07) is 0. The topological polar surface area (TPSA) is 0 Å². The van der Waals surface area contributed by atoms with E-state index in [-0.39, 0.29) is 0 Å². The molecule has 0 aliphatic heterocycles. The third-order valence-corrected chi connectivity index (χ3v) is 33.2. The van der Waals surface area contributed by atoms with E-state index in [1.807, 2.05) is 11.1 Å². The van der Waals surface area contributed by atoms with Gasteiger partial charge in [-0.1, -0.05) is 103 Å². The maximum Gasteiger partial charge on any atom is 0.0455 e. The minimum Gasteiger partial charge on any atom is -0.0806 e. The van der Waals surface area contributed by atoms with Crippen molar-refractivity contribution >= 4 is 15.2 Å². The van der Waals surface area contributed by atoms with Crippen molar-refractivity contribution in [1.29, 1.82) is 0 Å². The maximum absolute atomic E-state index is 2.88. The quantitative estimate of drug-likeness (QED) is 0.335. The van der Waals surface area contributed by atoms with Gasteiger partial charge in [-0.05, 0) is 101 Å². The summed E-state index contributed by atoms with van der Waals surface area (Å²) in [4.78, 5) is 0. The van der Waals surface area contributed by atoms with Gasteiger partial charge in [-0.3, -0.25) is 0 Å². The predicted molar refractivity (Wildman–Crippen MR) is 158 cm³/mol. The first-order valence-corrected chi connectivity index (χ1v) is 22.2. The van der Waals surface area contributed by atoms with Crippen molar-refractivity contribution < 1.29 is 0 Å². The lowest BCUT2D eigenvalue weighted by Gasteiger charge is -2.51. The van der Waals surface area contributed by atoms with E-state index in [0.717, 1.165) is 40.7 Å². The summed E-state index contributed by atoms with van der Waals surface area (Å²) < 4.78 is 0. The van der Waals surface area contributed by atoms with E-state index in [9.17, 15) is 0 Å². The zero-order valence-corrected chi connectivity index (χ0v) is 26.3. The minimum atomic E-state index is -1.44. The van der Waals surface area contributed by atoms with Gasteiger partial charge in [-0.15, -0.1) is 0 Å². The van der Waals surface area contributed by atoms with Gasteiger partial charge in [0.05, 0.1) is 0 Å². The van der Waals surface area contributed by atoms with Crippen LogP contribution in [-0.2, 0) is 0 Å². The van der Waals surface area contributed by atoms with Crippen LogP contribution in [0.4, 0.5) is 0 Å². The Bertz CT molecular complexity index is 1040. The highest BCUT2D eigenvalue weighted by molar-refractivity contribution is 7.41. The van der Waals surface area contributed by atoms with Crippen LogP contribution in [0, 0.1) is 40.4 Å². The molecule has 0 bridgehead atoms. The molecular formula is C33H52Si2. The number of rotatable bonds is 3. The van der Waals surface area contributed by atoms with Crippen LogP contribution in [0.3, 0.4) is 0 Å². The third-order valence-electron chi connectivity index (χ3n) is 12.7. The van der Waals surface area contributed by atoms with E-state index in [4.69, 9.17) is 0 Å². The Hall–Kier alpha value is -0.606. The van der Waals surface area contributed by atoms with Crippen LogP contribution in [0.15, 0.2) is 46.6 Å². The van der Waals surface area contributed by atoms with E-state index in [1.54, 1.807) is 11.1 Å². The average Bonchev–Trinajstić information content (AvgIpc) is 3.46. The molecule has 0 aromatic rings. The summed E-state index contributed by atoms with van der Waals surface area (Å²) in [6.45, 7) is 24.2. The SMILES string of the molecule is CC1CC2C3=C(C=CC2C1[Si](C)(C)[Si](C)(C)C1CCC2C4=C(C=CC21)CC(C)(C)C4)CC(C)(C)C3. The first-order valence-electron chi connectivity index (χ1n) is 15.0. The van der Waals surface area contributed by atoms with E-state index in [0.29, 0.717) is 10.8 Å². The van der Waals surface area contributed by atoms with Gasteiger partial charge in [0.15, 0.2) is 0 Å². The molecule has 0 amide bonds. The van der Waals surface area contributed by atoms with Crippen molar-refractivity contribution in [3.8, 4) is 0 Å². The highest BCUT2D eigenvalue weighted by Crippen LogP contribution is 2.64. The molecule has 0 N–H and O–H groups in total. The summed E-state index contributed by atoms with van der Waals surface area (Å²) in [7, 11) is -2.85. The molecule has 35 heavy (non-hydrogen) atoms. The molecule has 2 fully saturated rings. The average molecular weight is 505 g/mol. The molecule has 6 rings (SSSR count). The van der Waals surface area contributed by atoms with Gasteiger partial charge >= 0.3 is 0 Å². The van der Waals surface area contributed by atoms with Crippen LogP contribution in [-0.4, -0.2) is 15.2 Å². The fourth-order valence-electron chi connectivity index (χ4n) is 10.8. The molecule has 0 heterocycles. The second-order valence-electron chi connectivity index (χ2n) is 16.6. The lowest BCUT2D eigenvalue weighted by molar-refractivity contribution is 0.374. The molecule has 2 heteroatoms. The van der Waals surface area contributed by atoms with E-state index in [2.05, 4.69) is 85.1 Å². The highest BCUT2D eigenvalue weighted by Gasteiger charge is 2.60. The molecule has 2 saturated carbocycles. The Morgan fingerprint density at radius 2 is 1.23 bits per heavy atom. The fraction of sp³-hybridized carbons (Fsp3) is 0.758. The van der Waals surface area contributed by atoms with Gasteiger partial charge in [0, 0.05) is 15.2 Å². The Kier molecular flexibility index (Phi) is 5.45. The molecule has 0 spiro atoms. The Labute approximate surface area is 218 Å². The van der Waals surface area contributed by atoms with Gasteiger partial charge < -0.3 is 0 Å². The van der Waals surface area contributed by atoms with Crippen molar-refractivity contribution in [2.24, 2.45) is 40.4 Å². The zero-order valence-electron chi connectivity index (χ0n) is 24.3. The molecule has 0 radical (unpaired) electrons. The Morgan fingerprint density at radius 1 is 0.686 bits per heavy atom. The van der Waals surface area contributed by atoms with Gasteiger partial charge in [-0.25, -0.2) is 0 Å². The molecule has 6 aliphatic carbocycles. The Balaban J connectivity index is 1.27. The largest absolute Gasteiger partial charge is 0.0806 e. The summed E-state index contributed by atoms with van der Waals surface area (Å²) >= 11 is 0. The van der Waals surface area contributed by atoms with Crippen LogP contribution >= 0.6 is 0 Å². The molecule has 7 atom stereocenters. The van der Waals surface area contributed by atoms with Gasteiger partial charge in [-0.2, -0.15) is 0 Å². The molecular weight excluding hydrogens is 453 g/mol. The lowest BCUT2D eigenvalue weighted by Crippen LogP contribution is -2.62. The van der Waals surface area contributed by atoms with Gasteiger partial charge in [0.1, 0.15) is 0 Å². The van der Waals surface area contributed by atoms with Crippen LogP contribution in [0.5, 0.6) is 0 Å². The monoisotopic (exact) mass is 504 g/mol. The molecule has 0 aromatic carbocycles. The number of hydrogen-bond donors (Lipinski definition) is 0. The molecule has 0 nitrogen and oxygen atoms in total. The second-order valence-corrected chi connectivity index (χ2v) is 32.6. The van der Waals surface area contributed by atoms with Crippen LogP contribution in [0.2, 0.25) is 37.3 Å². The molecule has 6 aliphatic rings. The van der Waals surface area contributed by atoms with Crippen LogP contribution in [0.25, 0.3) is 0 Å². The Morgan fingerprint density at radius 3 is 1.83 bits per heavy atom. The predicted octanol–water partition coefficient (Wildman–Crippen LogP) is 9.89. The second kappa shape index (κ2) is 7.72. The molecule has 0 aromatic heterocycles. The molecule has 0 saturated heterocycles. The number of hydrogen-bond acceptors (Lipinski definition) is 0. The minimum absolute atomic E-state index is 0.487. The normalized spacial score (nSPS) is 41.3. The first-order chi connectivity index (χ1) is 16.2. The van der Waals surface area contributed by atoms with Crippen molar-refractivity contribution in [2.75, 3.05) is 0 Å². The summed E-state index contributed by atoms with van der Waals surface area (Å²) in [5.41, 5.74) is 10.2. The summed E-state index contributed by atoms with van der Waals surface area (Å²) in [5, 5.41) is 0. The first kappa shape index (κ1) is 24.7. The fourth-order valence-corrected chi connectivity index (χ4v) is 25.5. The zero-order chi connectivity index (χ0) is 25.1.